The number of hydrogen-bond acceptors (Lipinski definition) is 5. The molecule has 7 aliphatic rings. The van der Waals surface area contributed by atoms with Crippen LogP contribution in [0, 0.1) is 82.9 Å². The molecular formula is C36H56O6. The summed E-state index contributed by atoms with van der Waals surface area (Å²) in [5.74, 6) is 4.75. The van der Waals surface area contributed by atoms with E-state index in [1.54, 1.807) is 6.92 Å². The third kappa shape index (κ3) is 5.16. The number of carbonyl (C=O) groups is 2. The van der Waals surface area contributed by atoms with Gasteiger partial charge in [0.05, 0.1) is 30.7 Å². The SMILES string of the molecule is CC(CC1C2CC(C1C(C(=O)OCOCC1C3CCC(C3)C1C)C(C)C(=O)O)C1C3CCC(C3)C21)OC1CCCCC1. The Morgan fingerprint density at radius 1 is 0.810 bits per heavy atom. The van der Waals surface area contributed by atoms with Gasteiger partial charge in [-0.25, -0.2) is 0 Å². The lowest BCUT2D eigenvalue weighted by Crippen LogP contribution is -2.47. The van der Waals surface area contributed by atoms with E-state index in [4.69, 9.17) is 14.2 Å². The molecule has 7 fully saturated rings. The first-order valence-electron chi connectivity index (χ1n) is 17.9. The van der Waals surface area contributed by atoms with Crippen molar-refractivity contribution in [3.63, 3.8) is 0 Å². The fourth-order valence-electron chi connectivity index (χ4n) is 12.8. The number of carbonyl (C=O) groups excluding carboxylic acids is 1. The third-order valence-electron chi connectivity index (χ3n) is 14.4. The maximum Gasteiger partial charge on any atom is 0.312 e. The molecule has 0 aromatic heterocycles. The van der Waals surface area contributed by atoms with Gasteiger partial charge in [-0.3, -0.25) is 9.59 Å². The minimum atomic E-state index is -0.883. The molecule has 6 bridgehead atoms. The van der Waals surface area contributed by atoms with Crippen LogP contribution in [0.15, 0.2) is 0 Å². The fourth-order valence-corrected chi connectivity index (χ4v) is 12.8. The number of hydrogen-bond donors (Lipinski definition) is 1. The highest BCUT2D eigenvalue weighted by Crippen LogP contribution is 2.72. The number of fused-ring (bicyclic) bond motifs is 11. The van der Waals surface area contributed by atoms with E-state index in [0.29, 0.717) is 48.2 Å². The molecular weight excluding hydrogens is 528 g/mol. The summed E-state index contributed by atoms with van der Waals surface area (Å²) in [6, 6.07) is 0. The van der Waals surface area contributed by atoms with Crippen LogP contribution in [0.4, 0.5) is 0 Å². The summed E-state index contributed by atoms with van der Waals surface area (Å²) in [7, 11) is 0. The third-order valence-corrected chi connectivity index (χ3v) is 14.4. The smallest absolute Gasteiger partial charge is 0.312 e. The first kappa shape index (κ1) is 29.6. The van der Waals surface area contributed by atoms with Gasteiger partial charge in [-0.2, -0.15) is 0 Å². The van der Waals surface area contributed by atoms with Crippen LogP contribution in [0.25, 0.3) is 0 Å². The fraction of sp³-hybridized carbons (Fsp3) is 0.944. The molecule has 0 aromatic rings. The molecule has 7 rings (SSSR count). The highest BCUT2D eigenvalue weighted by Gasteiger charge is 2.67. The van der Waals surface area contributed by atoms with Gasteiger partial charge in [-0.05, 0) is 142 Å². The number of esters is 1. The zero-order chi connectivity index (χ0) is 29.1. The maximum absolute atomic E-state index is 13.9. The summed E-state index contributed by atoms with van der Waals surface area (Å²) in [5.41, 5.74) is 0. The molecule has 0 radical (unpaired) electrons. The van der Waals surface area contributed by atoms with Crippen molar-refractivity contribution in [1.29, 1.82) is 0 Å². The Hall–Kier alpha value is -1.14. The molecule has 0 aliphatic heterocycles. The zero-order valence-electron chi connectivity index (χ0n) is 26.3. The quantitative estimate of drug-likeness (QED) is 0.113. The van der Waals surface area contributed by atoms with Crippen molar-refractivity contribution >= 4 is 11.9 Å². The van der Waals surface area contributed by atoms with E-state index in [1.807, 2.05) is 0 Å². The Bertz CT molecular complexity index is 989. The monoisotopic (exact) mass is 584 g/mol. The molecule has 0 amide bonds. The lowest BCUT2D eigenvalue weighted by molar-refractivity contribution is -0.175. The van der Waals surface area contributed by atoms with E-state index in [2.05, 4.69) is 13.8 Å². The molecule has 0 saturated heterocycles. The van der Waals surface area contributed by atoms with Crippen LogP contribution in [0.1, 0.15) is 104 Å². The van der Waals surface area contributed by atoms with Crippen molar-refractivity contribution in [3.8, 4) is 0 Å². The van der Waals surface area contributed by atoms with Gasteiger partial charge in [0.2, 0.25) is 0 Å². The predicted molar refractivity (Wildman–Crippen MR) is 159 cm³/mol. The predicted octanol–water partition coefficient (Wildman–Crippen LogP) is 7.20. The first-order valence-corrected chi connectivity index (χ1v) is 17.9. The van der Waals surface area contributed by atoms with E-state index >= 15 is 0 Å². The van der Waals surface area contributed by atoms with Gasteiger partial charge in [-0.15, -0.1) is 0 Å². The Morgan fingerprint density at radius 2 is 1.48 bits per heavy atom. The Kier molecular flexibility index (Phi) is 8.44. The molecule has 6 heteroatoms. The average Bonchev–Trinajstić information content (AvgIpc) is 3.81. The molecule has 1 N–H and O–H groups in total. The Balaban J connectivity index is 1.06. The molecule has 42 heavy (non-hydrogen) atoms. The van der Waals surface area contributed by atoms with Crippen LogP contribution in [0.5, 0.6) is 0 Å². The van der Waals surface area contributed by atoms with Gasteiger partial charge in [-0.1, -0.05) is 33.1 Å². The van der Waals surface area contributed by atoms with Gasteiger partial charge in [0, 0.05) is 0 Å². The van der Waals surface area contributed by atoms with Crippen molar-refractivity contribution in [2.75, 3.05) is 13.4 Å². The van der Waals surface area contributed by atoms with Crippen molar-refractivity contribution in [2.45, 2.75) is 116 Å². The molecule has 15 atom stereocenters. The minimum Gasteiger partial charge on any atom is -0.481 e. The van der Waals surface area contributed by atoms with Crippen molar-refractivity contribution in [2.24, 2.45) is 82.9 Å². The van der Waals surface area contributed by atoms with E-state index in [1.165, 1.54) is 64.2 Å². The molecule has 7 saturated carbocycles. The first-order chi connectivity index (χ1) is 20.3. The Labute approximate surface area is 253 Å². The number of rotatable bonds is 12. The van der Waals surface area contributed by atoms with E-state index in [-0.39, 0.29) is 24.8 Å². The topological polar surface area (TPSA) is 82.1 Å². The zero-order valence-corrected chi connectivity index (χ0v) is 26.3. The molecule has 0 aromatic carbocycles. The van der Waals surface area contributed by atoms with Gasteiger partial charge < -0.3 is 19.3 Å². The highest BCUT2D eigenvalue weighted by molar-refractivity contribution is 5.81. The molecule has 0 spiro atoms. The average molecular weight is 585 g/mol. The van der Waals surface area contributed by atoms with Crippen LogP contribution < -0.4 is 0 Å². The second-order valence-electron chi connectivity index (χ2n) is 16.2. The molecule has 6 nitrogen and oxygen atoms in total. The van der Waals surface area contributed by atoms with Crippen LogP contribution in [-0.2, 0) is 23.8 Å². The van der Waals surface area contributed by atoms with Gasteiger partial charge in [0.1, 0.15) is 0 Å². The summed E-state index contributed by atoms with van der Waals surface area (Å²) < 4.78 is 18.5. The summed E-state index contributed by atoms with van der Waals surface area (Å²) >= 11 is 0. The largest absolute Gasteiger partial charge is 0.481 e. The molecule has 15 unspecified atom stereocenters. The van der Waals surface area contributed by atoms with Crippen molar-refractivity contribution in [3.05, 3.63) is 0 Å². The second-order valence-corrected chi connectivity index (χ2v) is 16.2. The van der Waals surface area contributed by atoms with Gasteiger partial charge >= 0.3 is 11.9 Å². The van der Waals surface area contributed by atoms with Gasteiger partial charge in [0.25, 0.3) is 0 Å². The van der Waals surface area contributed by atoms with Crippen molar-refractivity contribution in [1.82, 2.24) is 0 Å². The van der Waals surface area contributed by atoms with Crippen molar-refractivity contribution < 1.29 is 28.9 Å². The lowest BCUT2D eigenvalue weighted by Gasteiger charge is -2.47. The van der Waals surface area contributed by atoms with E-state index in [0.717, 1.165) is 48.9 Å². The number of aliphatic carboxylic acids is 1. The lowest BCUT2D eigenvalue weighted by atomic mass is 9.58. The van der Waals surface area contributed by atoms with E-state index < -0.39 is 17.8 Å². The molecule has 7 aliphatic carbocycles. The highest BCUT2D eigenvalue weighted by atomic mass is 16.7. The minimum absolute atomic E-state index is 0.0499. The summed E-state index contributed by atoms with van der Waals surface area (Å²) in [4.78, 5) is 26.4. The van der Waals surface area contributed by atoms with Crippen LogP contribution in [0.2, 0.25) is 0 Å². The van der Waals surface area contributed by atoms with Crippen LogP contribution in [-0.4, -0.2) is 42.7 Å². The molecule has 0 heterocycles. The van der Waals surface area contributed by atoms with E-state index in [9.17, 15) is 14.7 Å². The van der Waals surface area contributed by atoms with Gasteiger partial charge in [0.15, 0.2) is 6.79 Å². The number of ether oxygens (including phenoxy) is 3. The molecule has 236 valence electrons. The van der Waals surface area contributed by atoms with Crippen LogP contribution in [0.3, 0.4) is 0 Å². The number of carboxylic acids is 1. The number of carboxylic acid groups (broad SMARTS) is 1. The summed E-state index contributed by atoms with van der Waals surface area (Å²) in [6.45, 7) is 6.93. The Morgan fingerprint density at radius 3 is 2.17 bits per heavy atom. The second kappa shape index (κ2) is 12.0. The summed E-state index contributed by atoms with van der Waals surface area (Å²) in [6.07, 6.45) is 16.8. The normalized spacial score (nSPS) is 45.7. The standard InChI is InChI=1S/C36H56O6/c1-19(42-26-7-5-4-6-8-26)13-27-28-16-29(33-25-12-11-24(15-25)32(28)33)34(27)31(21(3)35(37)38)36(39)41-18-40-17-30-20(2)22-9-10-23(30)14-22/h19-34H,4-18H2,1-3H3,(H,37,38). The van der Waals surface area contributed by atoms with Crippen LogP contribution >= 0.6 is 0 Å². The summed E-state index contributed by atoms with van der Waals surface area (Å²) in [5, 5.41) is 10.2. The maximum atomic E-state index is 13.9.